The van der Waals surface area contributed by atoms with Crippen LogP contribution in [-0.4, -0.2) is 28.2 Å². The van der Waals surface area contributed by atoms with Gasteiger partial charge in [-0.25, -0.2) is 4.39 Å². The molecule has 1 aliphatic heterocycles. The molecule has 7 heteroatoms. The first kappa shape index (κ1) is 23.4. The highest BCUT2D eigenvalue weighted by molar-refractivity contribution is 5.99. The van der Waals surface area contributed by atoms with Gasteiger partial charge in [0.15, 0.2) is 5.96 Å². The minimum Gasteiger partial charge on any atom is -0.350 e. The molecule has 1 saturated heterocycles. The van der Waals surface area contributed by atoms with E-state index >= 15 is 0 Å². The Morgan fingerprint density at radius 2 is 1.94 bits per heavy atom. The molecule has 170 valence electrons. The number of hydrogen-bond acceptors (Lipinski definition) is 3. The van der Waals surface area contributed by atoms with Crippen LogP contribution in [0.3, 0.4) is 0 Å². The van der Waals surface area contributed by atoms with E-state index in [2.05, 4.69) is 10.6 Å². The first-order valence-corrected chi connectivity index (χ1v) is 11.0. The Morgan fingerprint density at radius 1 is 1.25 bits per heavy atom. The second-order valence-electron chi connectivity index (χ2n) is 8.90. The van der Waals surface area contributed by atoms with Crippen LogP contribution in [0.5, 0.6) is 0 Å². The largest absolute Gasteiger partial charge is 0.350 e. The first-order chi connectivity index (χ1) is 15.1. The van der Waals surface area contributed by atoms with Gasteiger partial charge in [-0.2, -0.15) is 0 Å². The number of amides is 2. The van der Waals surface area contributed by atoms with E-state index in [0.717, 1.165) is 5.56 Å². The summed E-state index contributed by atoms with van der Waals surface area (Å²) in [7, 11) is 0. The number of carbonyl (C=O) groups is 2. The van der Waals surface area contributed by atoms with Crippen molar-refractivity contribution >= 4 is 17.8 Å². The predicted octanol–water partition coefficient (Wildman–Crippen LogP) is 4.38. The molecular weight excluding hydrogens is 407 g/mol. The maximum absolute atomic E-state index is 14.4. The summed E-state index contributed by atoms with van der Waals surface area (Å²) in [6.45, 7) is 7.91. The molecule has 0 saturated carbocycles. The van der Waals surface area contributed by atoms with Crippen LogP contribution in [0.4, 0.5) is 4.39 Å². The van der Waals surface area contributed by atoms with Gasteiger partial charge in [-0.3, -0.25) is 19.9 Å². The Hall–Kier alpha value is -3.22. The molecule has 6 nitrogen and oxygen atoms in total. The monoisotopic (exact) mass is 438 g/mol. The Morgan fingerprint density at radius 3 is 2.53 bits per heavy atom. The van der Waals surface area contributed by atoms with Crippen LogP contribution in [0.15, 0.2) is 48.5 Å². The van der Waals surface area contributed by atoms with E-state index in [4.69, 9.17) is 5.41 Å². The molecule has 1 fully saturated rings. The van der Waals surface area contributed by atoms with Crippen molar-refractivity contribution in [2.75, 3.05) is 0 Å². The molecule has 32 heavy (non-hydrogen) atoms. The average molecular weight is 439 g/mol. The maximum atomic E-state index is 14.4. The van der Waals surface area contributed by atoms with Crippen molar-refractivity contribution in [3.63, 3.8) is 0 Å². The van der Waals surface area contributed by atoms with Crippen LogP contribution in [0.25, 0.3) is 0 Å². The van der Waals surface area contributed by atoms with Crippen LogP contribution in [-0.2, 0) is 11.3 Å². The Bertz CT molecular complexity index is 988. The van der Waals surface area contributed by atoms with E-state index in [1.165, 1.54) is 17.0 Å². The molecule has 1 heterocycles. The summed E-state index contributed by atoms with van der Waals surface area (Å²) in [5.74, 6) is -0.990. The summed E-state index contributed by atoms with van der Waals surface area (Å²) in [6, 6.07) is 13.5. The number of hydrogen-bond donors (Lipinski definition) is 3. The van der Waals surface area contributed by atoms with Gasteiger partial charge < -0.3 is 10.6 Å². The van der Waals surface area contributed by atoms with Gasteiger partial charge in [-0.15, -0.1) is 0 Å². The first-order valence-electron chi connectivity index (χ1n) is 11.0. The van der Waals surface area contributed by atoms with E-state index in [1.54, 1.807) is 6.07 Å². The standard InChI is InChI=1S/C25H31FN4O2/c1-5-21(18-9-7-6-8-10-18)28-23(32)19-11-17(12-20(26)13-19)15-30-22(31)14-25(4,16(2)3)29-24(30)27/h6-13,16,21H,5,14-15H2,1-4H3,(H2,27,29)(H,28,32)/t21-,25-/m0/s1. The summed E-state index contributed by atoms with van der Waals surface area (Å²) in [5, 5.41) is 14.4. The molecule has 0 radical (unpaired) electrons. The number of guanidine groups is 1. The fraction of sp³-hybridized carbons (Fsp3) is 0.400. The molecular formula is C25H31FN4O2. The molecule has 2 amide bonds. The van der Waals surface area contributed by atoms with Gasteiger partial charge >= 0.3 is 0 Å². The van der Waals surface area contributed by atoms with Crippen LogP contribution < -0.4 is 10.6 Å². The zero-order valence-electron chi connectivity index (χ0n) is 19.0. The third-order valence-corrected chi connectivity index (χ3v) is 6.24. The molecule has 0 aliphatic carbocycles. The van der Waals surface area contributed by atoms with Crippen molar-refractivity contribution in [3.05, 3.63) is 71.0 Å². The lowest BCUT2D eigenvalue weighted by Gasteiger charge is -2.43. The second kappa shape index (κ2) is 9.51. The molecule has 2 atom stereocenters. The number of nitrogens with one attached hydrogen (secondary N) is 3. The number of halogens is 1. The lowest BCUT2D eigenvalue weighted by molar-refractivity contribution is -0.131. The maximum Gasteiger partial charge on any atom is 0.251 e. The minimum absolute atomic E-state index is 0.0113. The molecule has 3 N–H and O–H groups in total. The topological polar surface area (TPSA) is 85.3 Å². The van der Waals surface area contributed by atoms with Gasteiger partial charge in [0, 0.05) is 11.1 Å². The summed E-state index contributed by atoms with van der Waals surface area (Å²) in [4.78, 5) is 26.9. The van der Waals surface area contributed by atoms with Gasteiger partial charge in [-0.1, -0.05) is 51.1 Å². The van der Waals surface area contributed by atoms with Crippen molar-refractivity contribution in [3.8, 4) is 0 Å². The van der Waals surface area contributed by atoms with Crippen molar-refractivity contribution in [2.45, 2.75) is 58.7 Å². The number of benzene rings is 2. The highest BCUT2D eigenvalue weighted by Gasteiger charge is 2.40. The predicted molar refractivity (Wildman–Crippen MR) is 123 cm³/mol. The third-order valence-electron chi connectivity index (χ3n) is 6.24. The third kappa shape index (κ3) is 5.15. The fourth-order valence-electron chi connectivity index (χ4n) is 3.84. The van der Waals surface area contributed by atoms with Gasteiger partial charge in [0.2, 0.25) is 5.91 Å². The van der Waals surface area contributed by atoms with Crippen molar-refractivity contribution in [1.82, 2.24) is 15.5 Å². The van der Waals surface area contributed by atoms with Gasteiger partial charge in [-0.05, 0) is 48.6 Å². The minimum atomic E-state index is -0.559. The lowest BCUT2D eigenvalue weighted by Crippen LogP contribution is -2.62. The number of rotatable bonds is 7. The van der Waals surface area contributed by atoms with Crippen LogP contribution in [0.2, 0.25) is 0 Å². The second-order valence-corrected chi connectivity index (χ2v) is 8.90. The normalized spacial score (nSPS) is 19.6. The van der Waals surface area contributed by atoms with Crippen molar-refractivity contribution < 1.29 is 14.0 Å². The van der Waals surface area contributed by atoms with E-state index in [-0.39, 0.29) is 48.3 Å². The van der Waals surface area contributed by atoms with Gasteiger partial charge in [0.1, 0.15) is 5.82 Å². The summed E-state index contributed by atoms with van der Waals surface area (Å²) in [6.07, 6.45) is 0.933. The SMILES string of the molecule is CC[C@H](NC(=O)c1cc(F)cc(CN2C(=N)N[C@](C)(C(C)C)CC2=O)c1)c1ccccc1. The highest BCUT2D eigenvalue weighted by Crippen LogP contribution is 2.27. The zero-order valence-corrected chi connectivity index (χ0v) is 19.0. The molecule has 2 aromatic carbocycles. The van der Waals surface area contributed by atoms with Crippen molar-refractivity contribution in [2.24, 2.45) is 5.92 Å². The van der Waals surface area contributed by atoms with Crippen LogP contribution in [0.1, 0.15) is 68.1 Å². The molecule has 1 aliphatic rings. The van der Waals surface area contributed by atoms with Gasteiger partial charge in [0.05, 0.1) is 19.0 Å². The fourth-order valence-corrected chi connectivity index (χ4v) is 3.84. The summed E-state index contributed by atoms with van der Waals surface area (Å²) < 4.78 is 14.4. The summed E-state index contributed by atoms with van der Waals surface area (Å²) >= 11 is 0. The molecule has 0 aromatic heterocycles. The molecule has 2 aromatic rings. The average Bonchev–Trinajstić information content (AvgIpc) is 2.74. The molecule has 3 rings (SSSR count). The lowest BCUT2D eigenvalue weighted by atomic mass is 9.83. The van der Waals surface area contributed by atoms with Crippen molar-refractivity contribution in [1.29, 1.82) is 5.41 Å². The molecule has 0 spiro atoms. The van der Waals surface area contributed by atoms with E-state index in [9.17, 15) is 14.0 Å². The number of carbonyl (C=O) groups excluding carboxylic acids is 2. The number of nitrogens with zero attached hydrogens (tertiary/aromatic N) is 1. The highest BCUT2D eigenvalue weighted by atomic mass is 19.1. The smallest absolute Gasteiger partial charge is 0.251 e. The Kier molecular flexibility index (Phi) is 6.96. The van der Waals surface area contributed by atoms with Gasteiger partial charge in [0.25, 0.3) is 5.91 Å². The van der Waals surface area contributed by atoms with Crippen LogP contribution >= 0.6 is 0 Å². The quantitative estimate of drug-likeness (QED) is 0.600. The molecule has 0 bridgehead atoms. The summed E-state index contributed by atoms with van der Waals surface area (Å²) in [5.41, 5.74) is 1.12. The van der Waals surface area contributed by atoms with Crippen LogP contribution in [0, 0.1) is 17.1 Å². The van der Waals surface area contributed by atoms with E-state index < -0.39 is 11.4 Å². The Balaban J connectivity index is 1.76. The van der Waals surface area contributed by atoms with E-state index in [1.807, 2.05) is 58.0 Å². The molecule has 0 unspecified atom stereocenters. The van der Waals surface area contributed by atoms with E-state index in [0.29, 0.717) is 12.0 Å². The zero-order chi connectivity index (χ0) is 23.5. The Labute approximate surface area is 188 Å².